The molecule has 5 heteroatoms. The van der Waals surface area contributed by atoms with Crippen molar-refractivity contribution < 1.29 is 14.3 Å². The highest BCUT2D eigenvalue weighted by Gasteiger charge is 2.30. The number of aliphatic hydroxyl groups is 1. The van der Waals surface area contributed by atoms with Crippen LogP contribution in [0.25, 0.3) is 0 Å². The summed E-state index contributed by atoms with van der Waals surface area (Å²) in [4.78, 5) is 14.0. The fourth-order valence-electron chi connectivity index (χ4n) is 2.98. The second-order valence-electron chi connectivity index (χ2n) is 6.51. The van der Waals surface area contributed by atoms with Gasteiger partial charge < -0.3 is 10.4 Å². The van der Waals surface area contributed by atoms with Crippen molar-refractivity contribution in [2.75, 3.05) is 13.6 Å². The van der Waals surface area contributed by atoms with Gasteiger partial charge >= 0.3 is 0 Å². The van der Waals surface area contributed by atoms with Crippen LogP contribution >= 0.6 is 0 Å². The van der Waals surface area contributed by atoms with E-state index in [9.17, 15) is 14.3 Å². The number of hydrogen-bond donors (Lipinski definition) is 2. The lowest BCUT2D eigenvalue weighted by atomic mass is 10.1. The molecule has 1 fully saturated rings. The van der Waals surface area contributed by atoms with Crippen molar-refractivity contribution >= 4 is 5.91 Å². The third-order valence-electron chi connectivity index (χ3n) is 4.53. The van der Waals surface area contributed by atoms with Crippen LogP contribution in [0.4, 0.5) is 4.39 Å². The average molecular weight is 342 g/mol. The van der Waals surface area contributed by atoms with Crippen molar-refractivity contribution in [2.45, 2.75) is 31.5 Å². The summed E-state index contributed by atoms with van der Waals surface area (Å²) in [5.74, 6) is -0.410. The molecule has 132 valence electrons. The Hall–Kier alpha value is -2.24. The second-order valence-corrected chi connectivity index (χ2v) is 6.51. The molecule has 1 atom stereocenters. The predicted octanol–water partition coefficient (Wildman–Crippen LogP) is 2.88. The molecule has 2 N–H and O–H groups in total. The van der Waals surface area contributed by atoms with Crippen LogP contribution in [0.15, 0.2) is 48.5 Å². The highest BCUT2D eigenvalue weighted by atomic mass is 19.1. The molecular weight excluding hydrogens is 319 g/mol. The smallest absolute Gasteiger partial charge is 0.251 e. The van der Waals surface area contributed by atoms with E-state index in [1.165, 1.54) is 12.1 Å². The first-order chi connectivity index (χ1) is 12.1. The van der Waals surface area contributed by atoms with Gasteiger partial charge in [0.15, 0.2) is 0 Å². The van der Waals surface area contributed by atoms with Crippen LogP contribution in [0, 0.1) is 5.82 Å². The summed E-state index contributed by atoms with van der Waals surface area (Å²) in [6.07, 6.45) is 1.57. The van der Waals surface area contributed by atoms with Crippen molar-refractivity contribution in [3.8, 4) is 0 Å². The lowest BCUT2D eigenvalue weighted by molar-refractivity contribution is 0.0961. The number of nitrogens with zero attached hydrogens (tertiary/aromatic N) is 1. The van der Waals surface area contributed by atoms with E-state index >= 15 is 0 Å². The molecule has 0 spiro atoms. The summed E-state index contributed by atoms with van der Waals surface area (Å²) in [6.45, 7) is 1.16. The van der Waals surface area contributed by atoms with Crippen LogP contribution in [0.1, 0.15) is 40.4 Å². The van der Waals surface area contributed by atoms with Crippen molar-refractivity contribution in [3.05, 3.63) is 71.0 Å². The molecule has 1 aliphatic carbocycles. The summed E-state index contributed by atoms with van der Waals surface area (Å²) in [6, 6.07) is 14.0. The molecule has 1 saturated carbocycles. The molecule has 1 amide bonds. The molecule has 4 nitrogen and oxygen atoms in total. The van der Waals surface area contributed by atoms with E-state index in [1.807, 2.05) is 18.2 Å². The van der Waals surface area contributed by atoms with Gasteiger partial charge in [0, 0.05) is 31.7 Å². The van der Waals surface area contributed by atoms with Gasteiger partial charge in [-0.3, -0.25) is 9.69 Å². The summed E-state index contributed by atoms with van der Waals surface area (Å²) in [5, 5.41) is 13.1. The molecular formula is C20H23FN2O2. The van der Waals surface area contributed by atoms with E-state index in [0.717, 1.165) is 18.4 Å². The Balaban J connectivity index is 1.69. The fraction of sp³-hybridized carbons (Fsp3) is 0.350. The Kier molecular flexibility index (Phi) is 5.46. The number of hydrogen-bond acceptors (Lipinski definition) is 3. The van der Waals surface area contributed by atoms with E-state index in [-0.39, 0.29) is 11.7 Å². The Bertz CT molecular complexity index is 729. The maximum Gasteiger partial charge on any atom is 0.251 e. The Labute approximate surface area is 147 Å². The monoisotopic (exact) mass is 342 g/mol. The molecule has 2 aromatic rings. The topological polar surface area (TPSA) is 52.6 Å². The van der Waals surface area contributed by atoms with Gasteiger partial charge in [0.1, 0.15) is 5.82 Å². The largest absolute Gasteiger partial charge is 0.387 e. The van der Waals surface area contributed by atoms with Crippen LogP contribution < -0.4 is 5.32 Å². The fourth-order valence-corrected chi connectivity index (χ4v) is 2.98. The summed E-state index contributed by atoms with van der Waals surface area (Å²) < 4.78 is 13.0. The summed E-state index contributed by atoms with van der Waals surface area (Å²) in [5.41, 5.74) is 2.39. The number of nitrogens with one attached hydrogen (secondary N) is 1. The van der Waals surface area contributed by atoms with Crippen LogP contribution in [-0.2, 0) is 6.54 Å². The van der Waals surface area contributed by atoms with Crippen LogP contribution in [0.5, 0.6) is 0 Å². The number of rotatable bonds is 7. The van der Waals surface area contributed by atoms with Crippen molar-refractivity contribution in [1.82, 2.24) is 10.2 Å². The van der Waals surface area contributed by atoms with Crippen LogP contribution in [0.3, 0.4) is 0 Å². The number of carbonyl (C=O) groups is 1. The van der Waals surface area contributed by atoms with E-state index in [1.54, 1.807) is 25.2 Å². The van der Waals surface area contributed by atoms with Crippen molar-refractivity contribution in [2.24, 2.45) is 0 Å². The maximum atomic E-state index is 13.0. The predicted molar refractivity (Wildman–Crippen MR) is 94.6 cm³/mol. The third-order valence-corrected chi connectivity index (χ3v) is 4.53. The lowest BCUT2D eigenvalue weighted by Gasteiger charge is -2.25. The molecule has 0 aliphatic heterocycles. The molecule has 0 bridgehead atoms. The van der Waals surface area contributed by atoms with Gasteiger partial charge in [-0.25, -0.2) is 4.39 Å². The Morgan fingerprint density at radius 1 is 1.28 bits per heavy atom. The number of halogens is 1. The zero-order valence-corrected chi connectivity index (χ0v) is 14.3. The van der Waals surface area contributed by atoms with Gasteiger partial charge in [0.2, 0.25) is 0 Å². The number of aliphatic hydroxyl groups excluding tert-OH is 1. The molecule has 0 radical (unpaired) electrons. The number of benzene rings is 2. The first kappa shape index (κ1) is 17.6. The molecule has 0 saturated heterocycles. The average Bonchev–Trinajstić information content (AvgIpc) is 3.46. The lowest BCUT2D eigenvalue weighted by Crippen LogP contribution is -2.30. The Morgan fingerprint density at radius 3 is 2.64 bits per heavy atom. The quantitative estimate of drug-likeness (QED) is 0.813. The third kappa shape index (κ3) is 4.65. The standard InChI is InChI=1S/C20H23FN2O2/c1-22-20(25)16-4-2-3-14(11-16)12-23(18-9-10-18)13-19(24)15-5-7-17(21)8-6-15/h2-8,11,18-19,24H,9-10,12-13H2,1H3,(H,22,25). The number of amides is 1. The van der Waals surface area contributed by atoms with E-state index in [0.29, 0.717) is 30.3 Å². The zero-order chi connectivity index (χ0) is 17.8. The van der Waals surface area contributed by atoms with Gasteiger partial charge in [-0.15, -0.1) is 0 Å². The SMILES string of the molecule is CNC(=O)c1cccc(CN(CC(O)c2ccc(F)cc2)C2CC2)c1. The molecule has 0 aromatic heterocycles. The minimum atomic E-state index is -0.664. The van der Waals surface area contributed by atoms with Gasteiger partial charge in [0.05, 0.1) is 6.10 Å². The first-order valence-corrected chi connectivity index (χ1v) is 8.55. The minimum absolute atomic E-state index is 0.105. The highest BCUT2D eigenvalue weighted by molar-refractivity contribution is 5.94. The maximum absolute atomic E-state index is 13.0. The summed E-state index contributed by atoms with van der Waals surface area (Å²) >= 11 is 0. The molecule has 1 unspecified atom stereocenters. The zero-order valence-electron chi connectivity index (χ0n) is 14.3. The normalized spacial score (nSPS) is 15.2. The molecule has 0 heterocycles. The minimum Gasteiger partial charge on any atom is -0.387 e. The van der Waals surface area contributed by atoms with Crippen molar-refractivity contribution in [3.63, 3.8) is 0 Å². The van der Waals surface area contributed by atoms with E-state index in [2.05, 4.69) is 10.2 Å². The van der Waals surface area contributed by atoms with E-state index < -0.39 is 6.10 Å². The van der Waals surface area contributed by atoms with Gasteiger partial charge in [-0.1, -0.05) is 24.3 Å². The summed E-state index contributed by atoms with van der Waals surface area (Å²) in [7, 11) is 1.62. The van der Waals surface area contributed by atoms with Gasteiger partial charge in [0.25, 0.3) is 5.91 Å². The van der Waals surface area contributed by atoms with Gasteiger partial charge in [-0.2, -0.15) is 0 Å². The van der Waals surface area contributed by atoms with Crippen LogP contribution in [0.2, 0.25) is 0 Å². The molecule has 2 aromatic carbocycles. The molecule has 3 rings (SSSR count). The molecule has 25 heavy (non-hydrogen) atoms. The van der Waals surface area contributed by atoms with E-state index in [4.69, 9.17) is 0 Å². The Morgan fingerprint density at radius 2 is 2.00 bits per heavy atom. The van der Waals surface area contributed by atoms with Crippen molar-refractivity contribution in [1.29, 1.82) is 0 Å². The van der Waals surface area contributed by atoms with Crippen LogP contribution in [-0.4, -0.2) is 35.5 Å². The second kappa shape index (κ2) is 7.76. The van der Waals surface area contributed by atoms with Gasteiger partial charge in [-0.05, 0) is 48.2 Å². The first-order valence-electron chi connectivity index (χ1n) is 8.55. The number of carbonyl (C=O) groups excluding carboxylic acids is 1. The molecule has 1 aliphatic rings. The highest BCUT2D eigenvalue weighted by Crippen LogP contribution is 2.30.